The van der Waals surface area contributed by atoms with Crippen LogP contribution in [0.2, 0.25) is 0 Å². The highest BCUT2D eigenvalue weighted by atomic mass is 32.1. The molecule has 2 aromatic carbocycles. The summed E-state index contributed by atoms with van der Waals surface area (Å²) in [5.74, 6) is 0.598. The van der Waals surface area contributed by atoms with Crippen LogP contribution in [0.15, 0.2) is 66.9 Å². The standard InChI is InChI=1S/C30H30N2O2S/c1-19(33)24-14-30(15-24)16-25(17-30)31-29(34)27-20(2)35-26-12-13-32(28(26)27)18-21-8-10-23(11-9-21)22-6-4-3-5-7-22/h3-13,24-25H,14-18H2,1-2H3,(H,31,34). The van der Waals surface area contributed by atoms with Crippen LogP contribution in [0.5, 0.6) is 0 Å². The van der Waals surface area contributed by atoms with E-state index < -0.39 is 0 Å². The lowest BCUT2D eigenvalue weighted by Crippen LogP contribution is -2.57. The highest BCUT2D eigenvalue weighted by Crippen LogP contribution is 2.58. The largest absolute Gasteiger partial charge is 0.349 e. The molecule has 2 heterocycles. The average molecular weight is 483 g/mol. The molecule has 2 aromatic heterocycles. The molecular weight excluding hydrogens is 452 g/mol. The topological polar surface area (TPSA) is 51.1 Å². The second-order valence-electron chi connectivity index (χ2n) is 10.5. The molecule has 0 atom stereocenters. The molecule has 2 aliphatic rings. The minimum absolute atomic E-state index is 0.0374. The average Bonchev–Trinajstić information content (AvgIpc) is 3.33. The summed E-state index contributed by atoms with van der Waals surface area (Å²) in [6, 6.07) is 21.4. The van der Waals surface area contributed by atoms with Gasteiger partial charge in [0.25, 0.3) is 5.91 Å². The Balaban J connectivity index is 1.17. The molecule has 0 bridgehead atoms. The van der Waals surface area contributed by atoms with E-state index in [1.54, 1.807) is 18.3 Å². The number of nitrogens with zero attached hydrogens (tertiary/aromatic N) is 1. The minimum Gasteiger partial charge on any atom is -0.349 e. The number of ketones is 1. The molecule has 2 fully saturated rings. The van der Waals surface area contributed by atoms with Crippen LogP contribution in [0.1, 0.15) is 53.4 Å². The third kappa shape index (κ3) is 4.02. The smallest absolute Gasteiger partial charge is 0.254 e. The van der Waals surface area contributed by atoms with Gasteiger partial charge < -0.3 is 9.88 Å². The van der Waals surface area contributed by atoms with E-state index in [1.165, 1.54) is 16.7 Å². The highest BCUT2D eigenvalue weighted by molar-refractivity contribution is 7.19. The fraction of sp³-hybridized carbons (Fsp3) is 0.333. The van der Waals surface area contributed by atoms with Gasteiger partial charge in [0.2, 0.25) is 0 Å². The van der Waals surface area contributed by atoms with Gasteiger partial charge in [-0.3, -0.25) is 9.59 Å². The minimum atomic E-state index is 0.0374. The van der Waals surface area contributed by atoms with Gasteiger partial charge in [-0.25, -0.2) is 0 Å². The first-order chi connectivity index (χ1) is 16.9. The number of fused-ring (bicyclic) bond motifs is 1. The molecule has 5 heteroatoms. The molecule has 35 heavy (non-hydrogen) atoms. The number of hydrogen-bond acceptors (Lipinski definition) is 3. The Labute approximate surface area is 210 Å². The second-order valence-corrected chi connectivity index (χ2v) is 11.8. The lowest BCUT2D eigenvalue weighted by atomic mass is 9.49. The predicted octanol–water partition coefficient (Wildman–Crippen LogP) is 6.60. The van der Waals surface area contributed by atoms with Crippen LogP contribution in [0.4, 0.5) is 0 Å². The Kier molecular flexibility index (Phi) is 5.41. The predicted molar refractivity (Wildman–Crippen MR) is 142 cm³/mol. The van der Waals surface area contributed by atoms with Crippen molar-refractivity contribution in [1.82, 2.24) is 9.88 Å². The van der Waals surface area contributed by atoms with Crippen LogP contribution >= 0.6 is 11.3 Å². The number of nitrogens with one attached hydrogen (secondary N) is 1. The van der Waals surface area contributed by atoms with Gasteiger partial charge in [-0.1, -0.05) is 54.6 Å². The van der Waals surface area contributed by atoms with Crippen LogP contribution < -0.4 is 5.32 Å². The summed E-state index contributed by atoms with van der Waals surface area (Å²) >= 11 is 1.69. The monoisotopic (exact) mass is 482 g/mol. The van der Waals surface area contributed by atoms with Crippen molar-refractivity contribution in [3.05, 3.63) is 82.9 Å². The van der Waals surface area contributed by atoms with E-state index in [-0.39, 0.29) is 17.9 Å². The zero-order chi connectivity index (χ0) is 24.2. The van der Waals surface area contributed by atoms with Crippen LogP contribution in [0.25, 0.3) is 21.3 Å². The van der Waals surface area contributed by atoms with Crippen molar-refractivity contribution in [3.8, 4) is 11.1 Å². The van der Waals surface area contributed by atoms with Crippen LogP contribution in [0, 0.1) is 18.3 Å². The zero-order valence-electron chi connectivity index (χ0n) is 20.2. The quantitative estimate of drug-likeness (QED) is 0.336. The number of Topliss-reactive ketones (excluding diaryl/α,β-unsaturated/α-hetero) is 1. The van der Waals surface area contributed by atoms with Gasteiger partial charge in [0, 0.05) is 29.6 Å². The summed E-state index contributed by atoms with van der Waals surface area (Å²) in [5.41, 5.74) is 5.78. The fourth-order valence-corrected chi connectivity index (χ4v) is 7.23. The summed E-state index contributed by atoms with van der Waals surface area (Å²) in [7, 11) is 0. The van der Waals surface area contributed by atoms with E-state index in [4.69, 9.17) is 0 Å². The molecule has 0 aliphatic heterocycles. The first-order valence-electron chi connectivity index (χ1n) is 12.4. The number of benzene rings is 2. The van der Waals surface area contributed by atoms with Crippen LogP contribution in [-0.4, -0.2) is 22.3 Å². The number of amides is 1. The Hall–Kier alpha value is -3.18. The first kappa shape index (κ1) is 22.3. The van der Waals surface area contributed by atoms with Gasteiger partial charge in [0.15, 0.2) is 0 Å². The van der Waals surface area contributed by atoms with E-state index in [1.807, 2.05) is 13.0 Å². The Morgan fingerprint density at radius 1 is 0.971 bits per heavy atom. The van der Waals surface area contributed by atoms with Gasteiger partial charge in [-0.15, -0.1) is 11.3 Å². The molecule has 1 spiro atoms. The number of aromatic nitrogens is 1. The third-order valence-corrected chi connectivity index (χ3v) is 9.11. The summed E-state index contributed by atoms with van der Waals surface area (Å²) in [4.78, 5) is 26.0. The zero-order valence-corrected chi connectivity index (χ0v) is 21.0. The summed E-state index contributed by atoms with van der Waals surface area (Å²) in [6.45, 7) is 4.48. The van der Waals surface area contributed by atoms with Crippen molar-refractivity contribution < 1.29 is 9.59 Å². The second kappa shape index (κ2) is 8.49. The Morgan fingerprint density at radius 2 is 1.66 bits per heavy atom. The summed E-state index contributed by atoms with van der Waals surface area (Å²) < 4.78 is 3.36. The molecule has 1 amide bonds. The van der Waals surface area contributed by atoms with Gasteiger partial charge in [0.1, 0.15) is 5.78 Å². The molecule has 0 radical (unpaired) electrons. The van der Waals surface area contributed by atoms with Crippen LogP contribution in [-0.2, 0) is 11.3 Å². The van der Waals surface area contributed by atoms with E-state index in [0.29, 0.717) is 11.2 Å². The number of aryl methyl sites for hydroxylation is 1. The van der Waals surface area contributed by atoms with Gasteiger partial charge in [-0.05, 0) is 67.7 Å². The third-order valence-electron chi connectivity index (χ3n) is 8.05. The van der Waals surface area contributed by atoms with Crippen molar-refractivity contribution in [2.75, 3.05) is 0 Å². The first-order valence-corrected chi connectivity index (χ1v) is 13.3. The van der Waals surface area contributed by atoms with Gasteiger partial charge in [0.05, 0.1) is 15.8 Å². The van der Waals surface area contributed by atoms with Gasteiger partial charge in [-0.2, -0.15) is 0 Å². The van der Waals surface area contributed by atoms with E-state index >= 15 is 0 Å². The lowest BCUT2D eigenvalue weighted by Gasteiger charge is -2.57. The molecule has 178 valence electrons. The molecule has 1 N–H and O–H groups in total. The molecule has 0 unspecified atom stereocenters. The summed E-state index contributed by atoms with van der Waals surface area (Å²) in [5, 5.41) is 3.30. The maximum atomic E-state index is 13.4. The molecule has 0 saturated heterocycles. The number of rotatable bonds is 6. The van der Waals surface area contributed by atoms with E-state index in [2.05, 4.69) is 70.7 Å². The molecule has 6 rings (SSSR count). The number of carbonyl (C=O) groups excluding carboxylic acids is 2. The normalized spacial score (nSPS) is 23.1. The van der Waals surface area contributed by atoms with Crippen molar-refractivity contribution in [1.29, 1.82) is 0 Å². The fourth-order valence-electron chi connectivity index (χ4n) is 6.17. The van der Waals surface area contributed by atoms with Crippen molar-refractivity contribution in [2.24, 2.45) is 11.3 Å². The summed E-state index contributed by atoms with van der Waals surface area (Å²) in [6.07, 6.45) is 6.11. The number of thiophene rings is 1. The van der Waals surface area contributed by atoms with Gasteiger partial charge >= 0.3 is 0 Å². The van der Waals surface area contributed by atoms with E-state index in [9.17, 15) is 9.59 Å². The Bertz CT molecular complexity index is 1400. The molecule has 4 aromatic rings. The van der Waals surface area contributed by atoms with Crippen molar-refractivity contribution >= 4 is 33.2 Å². The molecular formula is C30H30N2O2S. The van der Waals surface area contributed by atoms with Crippen molar-refractivity contribution in [2.45, 2.75) is 52.1 Å². The maximum absolute atomic E-state index is 13.4. The number of carbonyl (C=O) groups is 2. The SMILES string of the molecule is CC(=O)C1CC2(CC(NC(=O)c3c(C)sc4ccn(Cc5ccc(-c6ccccc6)cc5)c34)C2)C1. The number of hydrogen-bond donors (Lipinski definition) is 1. The van der Waals surface area contributed by atoms with Crippen LogP contribution in [0.3, 0.4) is 0 Å². The highest BCUT2D eigenvalue weighted by Gasteiger charge is 2.54. The lowest BCUT2D eigenvalue weighted by molar-refractivity contribution is -0.134. The molecule has 2 aliphatic carbocycles. The van der Waals surface area contributed by atoms with E-state index in [0.717, 1.165) is 52.9 Å². The molecule has 2 saturated carbocycles. The maximum Gasteiger partial charge on any atom is 0.254 e. The van der Waals surface area contributed by atoms with Crippen molar-refractivity contribution in [3.63, 3.8) is 0 Å². The Morgan fingerprint density at radius 3 is 2.34 bits per heavy atom. The molecule has 4 nitrogen and oxygen atoms in total.